The van der Waals surface area contributed by atoms with Gasteiger partial charge >= 0.3 is 21.1 Å². The maximum atomic E-state index is 5.46. The summed E-state index contributed by atoms with van der Waals surface area (Å²) >= 11 is 3.43. The van der Waals surface area contributed by atoms with Gasteiger partial charge in [0.05, 0.1) is 14.2 Å². The second-order valence-electron chi connectivity index (χ2n) is 12.4. The number of rotatable bonds is 8. The van der Waals surface area contributed by atoms with Gasteiger partial charge in [-0.1, -0.05) is 104 Å². The van der Waals surface area contributed by atoms with E-state index >= 15 is 0 Å². The Kier molecular flexibility index (Phi) is 14.2. The molecule has 6 rings (SSSR count). The van der Waals surface area contributed by atoms with E-state index in [-0.39, 0.29) is 21.1 Å². The van der Waals surface area contributed by atoms with Gasteiger partial charge in [-0.2, -0.15) is 0 Å². The van der Waals surface area contributed by atoms with Crippen molar-refractivity contribution in [1.29, 1.82) is 0 Å². The zero-order valence-electron chi connectivity index (χ0n) is 30.9. The van der Waals surface area contributed by atoms with Crippen LogP contribution in [0.2, 0.25) is 0 Å². The van der Waals surface area contributed by atoms with Crippen molar-refractivity contribution in [2.45, 2.75) is 51.3 Å². The Hall–Kier alpha value is -3.83. The van der Waals surface area contributed by atoms with E-state index < -0.39 is 0 Å². The molecule has 0 saturated carbocycles. The molecule has 0 N–H and O–H groups in total. The Labute approximate surface area is 327 Å². The topological polar surface area (TPSA) is 44.2 Å². The Morgan fingerprint density at radius 3 is 1.20 bits per heavy atom. The van der Waals surface area contributed by atoms with E-state index in [9.17, 15) is 0 Å². The van der Waals surface area contributed by atoms with Crippen LogP contribution in [-0.2, 0) is 21.1 Å². The Morgan fingerprint density at radius 1 is 0.529 bits per heavy atom. The van der Waals surface area contributed by atoms with Crippen LogP contribution < -0.4 is 9.47 Å². The first-order chi connectivity index (χ1) is 24.1. The number of pyridine rings is 2. The van der Waals surface area contributed by atoms with Crippen molar-refractivity contribution >= 4 is 23.5 Å². The van der Waals surface area contributed by atoms with E-state index in [0.29, 0.717) is 0 Å². The minimum atomic E-state index is 0. The Balaban J connectivity index is 0.000000224. The number of thioether (sulfide) groups is 2. The molecule has 0 fully saturated rings. The van der Waals surface area contributed by atoms with Crippen molar-refractivity contribution in [2.75, 3.05) is 26.7 Å². The summed E-state index contributed by atoms with van der Waals surface area (Å²) in [5.41, 5.74) is 16.1. The molecule has 6 aromatic rings. The first-order valence-electron chi connectivity index (χ1n) is 16.4. The molecule has 2 aromatic heterocycles. The molecule has 0 aliphatic rings. The van der Waals surface area contributed by atoms with Crippen LogP contribution in [0.5, 0.6) is 11.5 Å². The number of benzene rings is 4. The van der Waals surface area contributed by atoms with Crippen LogP contribution in [0.25, 0.3) is 44.8 Å². The van der Waals surface area contributed by atoms with Gasteiger partial charge in [0.2, 0.25) is 0 Å². The molecular formula is C44H44N2O2PtS2. The van der Waals surface area contributed by atoms with Gasteiger partial charge in [0.15, 0.2) is 0 Å². The van der Waals surface area contributed by atoms with Crippen LogP contribution in [0.3, 0.4) is 0 Å². The SMILES string of the molecule is COc1c[c-]c(-c2cc(SC)ccn2)c(-c2c(C)cc(C)cc2C)c1.COc1c[c-]c(-c2cc(SC)ccn2)c(-c2c(C)cc(C)cc2C)c1.[Pt+2]. The number of aryl methyl sites for hydroxylation is 6. The van der Waals surface area contributed by atoms with Crippen molar-refractivity contribution < 1.29 is 30.5 Å². The molecule has 0 atom stereocenters. The average Bonchev–Trinajstić information content (AvgIpc) is 3.11. The predicted octanol–water partition coefficient (Wildman–Crippen LogP) is 11.7. The number of methoxy groups -OCH3 is 2. The summed E-state index contributed by atoms with van der Waals surface area (Å²) in [6.07, 6.45) is 7.87. The second kappa shape index (κ2) is 18.1. The first kappa shape index (κ1) is 39.9. The first-order valence-corrected chi connectivity index (χ1v) is 18.9. The molecule has 0 spiro atoms. The fraction of sp³-hybridized carbons (Fsp3) is 0.227. The smallest absolute Gasteiger partial charge is 0.540 e. The molecule has 7 heteroatoms. The molecule has 0 radical (unpaired) electrons. The van der Waals surface area contributed by atoms with Gasteiger partial charge < -0.3 is 19.4 Å². The minimum absolute atomic E-state index is 0. The molecule has 2 heterocycles. The predicted molar refractivity (Wildman–Crippen MR) is 213 cm³/mol. The third-order valence-corrected chi connectivity index (χ3v) is 10.1. The maximum absolute atomic E-state index is 5.46. The molecule has 0 aliphatic carbocycles. The Bertz CT molecular complexity index is 1950. The van der Waals surface area contributed by atoms with Crippen LogP contribution in [0.1, 0.15) is 33.4 Å². The number of ether oxygens (including phenoxy) is 2. The van der Waals surface area contributed by atoms with E-state index in [2.05, 4.69) is 125 Å². The molecule has 0 amide bonds. The largest absolute Gasteiger partial charge is 2.00 e. The normalized spacial score (nSPS) is 10.5. The standard InChI is InChI=1S/2C22H22NOS.Pt/c2*1-14-10-15(2)22(16(3)11-14)20-12-17(24-4)6-7-19(20)21-13-18(25-5)8-9-23-21;/h2*6,8-13H,1-5H3;/q2*-1;+2. The molecule has 264 valence electrons. The zero-order chi connectivity index (χ0) is 35.9. The van der Waals surface area contributed by atoms with Crippen LogP contribution in [0, 0.1) is 53.7 Å². The molecule has 0 aliphatic heterocycles. The van der Waals surface area contributed by atoms with E-state index in [1.807, 2.05) is 36.7 Å². The van der Waals surface area contributed by atoms with Crippen molar-refractivity contribution in [3.8, 4) is 56.3 Å². The number of hydrogen-bond acceptors (Lipinski definition) is 6. The number of aromatic nitrogens is 2. The number of hydrogen-bond donors (Lipinski definition) is 0. The summed E-state index contributed by atoms with van der Waals surface area (Å²) in [4.78, 5) is 11.6. The molecule has 0 bridgehead atoms. The van der Waals surface area contributed by atoms with E-state index in [4.69, 9.17) is 9.47 Å². The van der Waals surface area contributed by atoms with Crippen molar-refractivity contribution in [1.82, 2.24) is 9.97 Å². The zero-order valence-corrected chi connectivity index (χ0v) is 34.8. The quantitative estimate of drug-likeness (QED) is 0.112. The second-order valence-corrected chi connectivity index (χ2v) is 14.1. The summed E-state index contributed by atoms with van der Waals surface area (Å²) in [7, 11) is 3.38. The summed E-state index contributed by atoms with van der Waals surface area (Å²) in [5.74, 6) is 1.61. The third kappa shape index (κ3) is 9.35. The van der Waals surface area contributed by atoms with E-state index in [1.54, 1.807) is 37.7 Å². The van der Waals surface area contributed by atoms with Crippen LogP contribution in [0.4, 0.5) is 0 Å². The van der Waals surface area contributed by atoms with Crippen molar-refractivity contribution in [3.63, 3.8) is 0 Å². The van der Waals surface area contributed by atoms with Crippen molar-refractivity contribution in [2.24, 2.45) is 0 Å². The fourth-order valence-corrected chi connectivity index (χ4v) is 7.42. The van der Waals surface area contributed by atoms with Crippen LogP contribution >= 0.6 is 23.5 Å². The monoisotopic (exact) mass is 891 g/mol. The Morgan fingerprint density at radius 2 is 0.882 bits per heavy atom. The fourth-order valence-electron chi connectivity index (χ4n) is 6.57. The molecule has 0 unspecified atom stereocenters. The molecule has 4 aromatic carbocycles. The summed E-state index contributed by atoms with van der Waals surface area (Å²) in [5, 5.41) is 0. The van der Waals surface area contributed by atoms with Gasteiger partial charge in [-0.3, -0.25) is 0 Å². The minimum Gasteiger partial charge on any atom is -0.540 e. The van der Waals surface area contributed by atoms with Gasteiger partial charge in [0.25, 0.3) is 0 Å². The van der Waals surface area contributed by atoms with Crippen LogP contribution in [-0.4, -0.2) is 36.7 Å². The molecule has 4 nitrogen and oxygen atoms in total. The number of nitrogens with zero attached hydrogens (tertiary/aromatic N) is 2. The van der Waals surface area contributed by atoms with Gasteiger partial charge in [-0.25, -0.2) is 0 Å². The van der Waals surface area contributed by atoms with E-state index in [0.717, 1.165) is 45.1 Å². The molecule has 0 saturated heterocycles. The average molecular weight is 892 g/mol. The summed E-state index contributed by atoms with van der Waals surface area (Å²) < 4.78 is 10.9. The molecular weight excluding hydrogens is 848 g/mol. The summed E-state index contributed by atoms with van der Waals surface area (Å²) in [6.45, 7) is 12.9. The van der Waals surface area contributed by atoms with Crippen LogP contribution in [0.15, 0.2) is 95.0 Å². The molecule has 51 heavy (non-hydrogen) atoms. The maximum Gasteiger partial charge on any atom is 2.00 e. The van der Waals surface area contributed by atoms with Gasteiger partial charge in [0, 0.05) is 33.7 Å². The van der Waals surface area contributed by atoms with Gasteiger partial charge in [-0.15, -0.1) is 58.9 Å². The third-order valence-electron chi connectivity index (χ3n) is 8.64. The van der Waals surface area contributed by atoms with Gasteiger partial charge in [-0.05, 0) is 77.6 Å². The van der Waals surface area contributed by atoms with E-state index in [1.165, 1.54) is 54.3 Å². The van der Waals surface area contributed by atoms with Crippen molar-refractivity contribution in [3.05, 3.63) is 131 Å². The summed E-state index contributed by atoms with van der Waals surface area (Å²) in [6, 6.07) is 31.9. The van der Waals surface area contributed by atoms with Gasteiger partial charge in [0.1, 0.15) is 0 Å².